The third-order valence-electron chi connectivity index (χ3n) is 3.54. The van der Waals surface area contributed by atoms with Crippen LogP contribution in [0.3, 0.4) is 0 Å². The third-order valence-corrected chi connectivity index (χ3v) is 3.54. The molecule has 19 heavy (non-hydrogen) atoms. The van der Waals surface area contributed by atoms with Crippen LogP contribution in [0.2, 0.25) is 0 Å². The standard InChI is InChI=1S/C14H21N5/c1-5-15-13-11-14(18-12(17-11)8(2)3)19(9(4)16-13)10-6-7-10/h8,10H,5-7H2,1-4H3,(H,17,18). The largest absolute Gasteiger partial charge is 0.337 e. The minimum absolute atomic E-state index is 0.384. The van der Waals surface area contributed by atoms with Crippen molar-refractivity contribution in [3.8, 4) is 0 Å². The van der Waals surface area contributed by atoms with Crippen LogP contribution in [0.5, 0.6) is 0 Å². The summed E-state index contributed by atoms with van der Waals surface area (Å²) in [6, 6.07) is 0.578. The minimum Gasteiger partial charge on any atom is -0.337 e. The number of aromatic nitrogens is 4. The van der Waals surface area contributed by atoms with E-state index in [1.165, 1.54) is 12.8 Å². The smallest absolute Gasteiger partial charge is 0.177 e. The second kappa shape index (κ2) is 4.47. The molecule has 1 aliphatic rings. The first kappa shape index (κ1) is 12.4. The first-order valence-electron chi connectivity index (χ1n) is 7.11. The van der Waals surface area contributed by atoms with Crippen LogP contribution in [0.1, 0.15) is 57.2 Å². The molecule has 1 fully saturated rings. The van der Waals surface area contributed by atoms with Gasteiger partial charge in [0, 0.05) is 18.5 Å². The van der Waals surface area contributed by atoms with Crippen molar-refractivity contribution in [3.63, 3.8) is 0 Å². The van der Waals surface area contributed by atoms with Gasteiger partial charge in [0.2, 0.25) is 0 Å². The normalized spacial score (nSPS) is 16.8. The second-order valence-electron chi connectivity index (χ2n) is 5.53. The molecule has 1 saturated carbocycles. The average Bonchev–Trinajstić information content (AvgIpc) is 3.06. The summed E-state index contributed by atoms with van der Waals surface area (Å²) in [6.45, 7) is 9.12. The van der Waals surface area contributed by atoms with E-state index in [9.17, 15) is 0 Å². The summed E-state index contributed by atoms with van der Waals surface area (Å²) in [4.78, 5) is 17.3. The molecular weight excluding hydrogens is 238 g/mol. The Kier molecular flexibility index (Phi) is 2.92. The lowest BCUT2D eigenvalue weighted by Gasteiger charge is -2.09. The number of aryl methyl sites for hydroxylation is 1. The molecule has 5 nitrogen and oxygen atoms in total. The summed E-state index contributed by atoms with van der Waals surface area (Å²) in [7, 11) is 0. The summed E-state index contributed by atoms with van der Waals surface area (Å²) in [5.41, 5.74) is 2.81. The lowest BCUT2D eigenvalue weighted by molar-refractivity contribution is 0.696. The molecule has 0 atom stereocenters. The second-order valence-corrected chi connectivity index (χ2v) is 5.53. The van der Waals surface area contributed by atoms with Gasteiger partial charge in [0.1, 0.15) is 17.2 Å². The van der Waals surface area contributed by atoms with Crippen LogP contribution < -0.4 is 5.49 Å². The van der Waals surface area contributed by atoms with Crippen LogP contribution in [0, 0.1) is 6.92 Å². The van der Waals surface area contributed by atoms with Gasteiger partial charge in [-0.2, -0.15) is 0 Å². The van der Waals surface area contributed by atoms with E-state index in [2.05, 4.69) is 40.3 Å². The van der Waals surface area contributed by atoms with E-state index >= 15 is 0 Å². The molecule has 102 valence electrons. The summed E-state index contributed by atoms with van der Waals surface area (Å²) in [6.07, 6.45) is 2.47. The van der Waals surface area contributed by atoms with Crippen molar-refractivity contribution < 1.29 is 0 Å². The molecule has 0 bridgehead atoms. The van der Waals surface area contributed by atoms with Crippen molar-refractivity contribution >= 4 is 11.2 Å². The molecule has 0 saturated heterocycles. The molecule has 0 radical (unpaired) electrons. The third kappa shape index (κ3) is 2.07. The zero-order valence-electron chi connectivity index (χ0n) is 12.1. The Labute approximate surface area is 112 Å². The minimum atomic E-state index is 0.384. The molecule has 3 rings (SSSR count). The van der Waals surface area contributed by atoms with Crippen LogP contribution in [-0.4, -0.2) is 26.1 Å². The molecule has 0 aromatic carbocycles. The molecule has 0 spiro atoms. The van der Waals surface area contributed by atoms with Gasteiger partial charge in [0.25, 0.3) is 0 Å². The van der Waals surface area contributed by atoms with Crippen molar-refractivity contribution in [1.82, 2.24) is 19.5 Å². The van der Waals surface area contributed by atoms with E-state index in [0.717, 1.165) is 34.8 Å². The zero-order valence-corrected chi connectivity index (χ0v) is 12.1. The predicted octanol–water partition coefficient (Wildman–Crippen LogP) is 2.45. The molecule has 0 aliphatic heterocycles. The Bertz CT molecular complexity index is 673. The Morgan fingerprint density at radius 1 is 1.37 bits per heavy atom. The lowest BCUT2D eigenvalue weighted by Crippen LogP contribution is -2.18. The topological polar surface area (TPSA) is 58.9 Å². The number of hydrogen-bond acceptors (Lipinski definition) is 3. The average molecular weight is 259 g/mol. The van der Waals surface area contributed by atoms with Gasteiger partial charge in [-0.25, -0.2) is 9.97 Å². The van der Waals surface area contributed by atoms with E-state index in [-0.39, 0.29) is 0 Å². The first-order valence-corrected chi connectivity index (χ1v) is 7.11. The number of imidazole rings is 1. The number of nitrogens with one attached hydrogen (secondary N) is 1. The van der Waals surface area contributed by atoms with Crippen LogP contribution in [0.25, 0.3) is 11.2 Å². The van der Waals surface area contributed by atoms with E-state index < -0.39 is 0 Å². The van der Waals surface area contributed by atoms with Crippen LogP contribution in [-0.2, 0) is 0 Å². The highest BCUT2D eigenvalue weighted by atomic mass is 15.2. The van der Waals surface area contributed by atoms with Crippen molar-refractivity contribution in [3.05, 3.63) is 17.1 Å². The number of aromatic amines is 1. The quantitative estimate of drug-likeness (QED) is 0.920. The fraction of sp³-hybridized carbons (Fsp3) is 0.643. The highest BCUT2D eigenvalue weighted by Gasteiger charge is 2.28. The van der Waals surface area contributed by atoms with Gasteiger partial charge in [-0.15, -0.1) is 0 Å². The summed E-state index contributed by atoms with van der Waals surface area (Å²) >= 11 is 0. The molecule has 2 aromatic heterocycles. The van der Waals surface area contributed by atoms with Gasteiger partial charge < -0.3 is 9.55 Å². The number of rotatable bonds is 3. The van der Waals surface area contributed by atoms with E-state index in [0.29, 0.717) is 12.0 Å². The number of nitrogens with zero attached hydrogens (tertiary/aromatic N) is 4. The molecule has 0 amide bonds. The van der Waals surface area contributed by atoms with Gasteiger partial charge in [-0.1, -0.05) is 13.8 Å². The van der Waals surface area contributed by atoms with Crippen LogP contribution in [0.15, 0.2) is 4.99 Å². The molecular formula is C14H21N5. The zero-order chi connectivity index (χ0) is 13.6. The van der Waals surface area contributed by atoms with Gasteiger partial charge >= 0.3 is 0 Å². The summed E-state index contributed by atoms with van der Waals surface area (Å²) in [5.74, 6) is 2.42. The molecule has 1 aliphatic carbocycles. The molecule has 2 aromatic rings. The van der Waals surface area contributed by atoms with Crippen molar-refractivity contribution in [2.75, 3.05) is 6.54 Å². The Balaban J connectivity index is 2.34. The SMILES string of the molecule is CCN=c1nc(C)n(C2CC2)c2nc(C(C)C)[nH]c12. The fourth-order valence-electron chi connectivity index (χ4n) is 2.44. The predicted molar refractivity (Wildman–Crippen MR) is 75.1 cm³/mol. The number of H-pyrrole nitrogens is 1. The highest BCUT2D eigenvalue weighted by Crippen LogP contribution is 2.37. The van der Waals surface area contributed by atoms with Crippen molar-refractivity contribution in [1.29, 1.82) is 0 Å². The monoisotopic (exact) mass is 259 g/mol. The first-order chi connectivity index (χ1) is 9.11. The maximum Gasteiger partial charge on any atom is 0.177 e. The van der Waals surface area contributed by atoms with E-state index in [1.54, 1.807) is 0 Å². The maximum atomic E-state index is 4.78. The molecule has 2 heterocycles. The Morgan fingerprint density at radius 3 is 2.68 bits per heavy atom. The summed E-state index contributed by atoms with van der Waals surface area (Å²) in [5, 5.41) is 0. The highest BCUT2D eigenvalue weighted by molar-refractivity contribution is 5.70. The Hall–Kier alpha value is -1.65. The van der Waals surface area contributed by atoms with Crippen molar-refractivity contribution in [2.45, 2.75) is 52.5 Å². The van der Waals surface area contributed by atoms with Gasteiger partial charge in [-0.3, -0.25) is 4.99 Å². The van der Waals surface area contributed by atoms with Crippen molar-refractivity contribution in [2.24, 2.45) is 4.99 Å². The fourth-order valence-corrected chi connectivity index (χ4v) is 2.44. The lowest BCUT2D eigenvalue weighted by atomic mass is 10.2. The Morgan fingerprint density at radius 2 is 2.11 bits per heavy atom. The van der Waals surface area contributed by atoms with Gasteiger partial charge in [0.05, 0.1) is 0 Å². The maximum absolute atomic E-state index is 4.78. The van der Waals surface area contributed by atoms with E-state index in [1.807, 2.05) is 6.92 Å². The van der Waals surface area contributed by atoms with Crippen LogP contribution >= 0.6 is 0 Å². The van der Waals surface area contributed by atoms with Gasteiger partial charge in [0.15, 0.2) is 11.1 Å². The number of fused-ring (bicyclic) bond motifs is 1. The van der Waals surface area contributed by atoms with Crippen LogP contribution in [0.4, 0.5) is 0 Å². The number of hydrogen-bond donors (Lipinski definition) is 1. The van der Waals surface area contributed by atoms with E-state index in [4.69, 9.17) is 4.98 Å². The molecule has 1 N–H and O–H groups in total. The summed E-state index contributed by atoms with van der Waals surface area (Å²) < 4.78 is 2.27. The van der Waals surface area contributed by atoms with Gasteiger partial charge in [-0.05, 0) is 26.7 Å². The molecule has 5 heteroatoms. The molecule has 0 unspecified atom stereocenters.